The Hall–Kier alpha value is -2.05. The van der Waals surface area contributed by atoms with E-state index in [1.165, 1.54) is 0 Å². The van der Waals surface area contributed by atoms with Gasteiger partial charge in [-0.1, -0.05) is 0 Å². The number of rotatable bonds is 2. The number of nitrogens with zero attached hydrogens (tertiary/aromatic N) is 1. The highest BCUT2D eigenvalue weighted by Crippen LogP contribution is 2.37. The molecule has 2 aliphatic heterocycles. The number of fused-ring (bicyclic) bond motifs is 2. The molecule has 1 aromatic heterocycles. The highest BCUT2D eigenvalue weighted by molar-refractivity contribution is 5.84. The van der Waals surface area contributed by atoms with Crippen LogP contribution in [0.15, 0.2) is 27.4 Å². The van der Waals surface area contributed by atoms with Crippen LogP contribution in [0.5, 0.6) is 11.5 Å². The molecule has 0 bridgehead atoms. The number of hydrogen-bond donors (Lipinski definition) is 0. The van der Waals surface area contributed by atoms with E-state index in [9.17, 15) is 4.79 Å². The molecule has 0 unspecified atom stereocenters. The molecule has 2 aromatic rings. The first-order chi connectivity index (χ1) is 11.1. The Labute approximate surface area is 133 Å². The van der Waals surface area contributed by atoms with E-state index in [0.29, 0.717) is 23.6 Å². The van der Waals surface area contributed by atoms with Crippen molar-refractivity contribution in [1.29, 1.82) is 0 Å². The van der Waals surface area contributed by atoms with Crippen LogP contribution in [0.3, 0.4) is 0 Å². The molecule has 6 nitrogen and oxygen atoms in total. The second-order valence-corrected chi connectivity index (χ2v) is 6.24. The van der Waals surface area contributed by atoms with E-state index in [1.807, 2.05) is 6.07 Å². The maximum Gasteiger partial charge on any atom is 0.336 e. The lowest BCUT2D eigenvalue weighted by atomic mass is 10.1. The van der Waals surface area contributed by atoms with Gasteiger partial charge in [-0.3, -0.25) is 4.90 Å². The third-order valence-electron chi connectivity index (χ3n) is 4.21. The van der Waals surface area contributed by atoms with E-state index in [2.05, 4.69) is 18.7 Å². The smallest absolute Gasteiger partial charge is 0.336 e. The summed E-state index contributed by atoms with van der Waals surface area (Å²) in [4.78, 5) is 14.2. The van der Waals surface area contributed by atoms with Crippen LogP contribution in [0.2, 0.25) is 0 Å². The molecule has 0 radical (unpaired) electrons. The van der Waals surface area contributed by atoms with E-state index >= 15 is 0 Å². The Bertz CT molecular complexity index is 789. The number of hydrogen-bond acceptors (Lipinski definition) is 6. The Balaban J connectivity index is 1.72. The maximum absolute atomic E-state index is 11.9. The van der Waals surface area contributed by atoms with E-state index < -0.39 is 0 Å². The summed E-state index contributed by atoms with van der Waals surface area (Å²) < 4.78 is 21.9. The van der Waals surface area contributed by atoms with Crippen LogP contribution in [0.4, 0.5) is 0 Å². The van der Waals surface area contributed by atoms with Crippen LogP contribution in [-0.4, -0.2) is 37.0 Å². The van der Waals surface area contributed by atoms with Crippen molar-refractivity contribution in [2.75, 3.05) is 19.9 Å². The Morgan fingerprint density at radius 3 is 2.52 bits per heavy atom. The molecule has 0 amide bonds. The van der Waals surface area contributed by atoms with Gasteiger partial charge >= 0.3 is 5.63 Å². The fourth-order valence-electron chi connectivity index (χ4n) is 3.40. The third kappa shape index (κ3) is 2.80. The van der Waals surface area contributed by atoms with Crippen molar-refractivity contribution in [3.63, 3.8) is 0 Å². The van der Waals surface area contributed by atoms with E-state index in [4.69, 9.17) is 18.6 Å². The van der Waals surface area contributed by atoms with Crippen LogP contribution in [-0.2, 0) is 11.3 Å². The lowest BCUT2D eigenvalue weighted by Gasteiger charge is -2.35. The van der Waals surface area contributed by atoms with Gasteiger partial charge in [0.05, 0.1) is 12.2 Å². The fourth-order valence-corrected chi connectivity index (χ4v) is 3.40. The lowest BCUT2D eigenvalue weighted by molar-refractivity contribution is -0.0704. The number of morpholine rings is 1. The van der Waals surface area contributed by atoms with Gasteiger partial charge in [0.2, 0.25) is 6.79 Å². The van der Waals surface area contributed by atoms with Gasteiger partial charge in [-0.15, -0.1) is 0 Å². The molecule has 0 N–H and O–H groups in total. The summed E-state index contributed by atoms with van der Waals surface area (Å²) in [5.41, 5.74) is 1.13. The van der Waals surface area contributed by atoms with Crippen molar-refractivity contribution in [2.24, 2.45) is 0 Å². The second-order valence-electron chi connectivity index (χ2n) is 6.24. The molecule has 1 aromatic carbocycles. The molecule has 4 rings (SSSR count). The summed E-state index contributed by atoms with van der Waals surface area (Å²) in [5.74, 6) is 1.31. The molecular weight excluding hydrogens is 298 g/mol. The predicted octanol–water partition coefficient (Wildman–Crippen LogP) is 2.13. The molecule has 122 valence electrons. The minimum atomic E-state index is -0.347. The van der Waals surface area contributed by atoms with Gasteiger partial charge in [-0.25, -0.2) is 4.79 Å². The highest BCUT2D eigenvalue weighted by Gasteiger charge is 2.24. The van der Waals surface area contributed by atoms with Crippen molar-refractivity contribution in [2.45, 2.75) is 32.6 Å². The minimum Gasteiger partial charge on any atom is -0.454 e. The van der Waals surface area contributed by atoms with Crippen LogP contribution in [0, 0.1) is 0 Å². The van der Waals surface area contributed by atoms with Crippen LogP contribution in [0.1, 0.15) is 19.4 Å². The summed E-state index contributed by atoms with van der Waals surface area (Å²) in [7, 11) is 0. The van der Waals surface area contributed by atoms with Crippen molar-refractivity contribution in [3.8, 4) is 11.5 Å². The van der Waals surface area contributed by atoms with E-state index in [-0.39, 0.29) is 24.6 Å². The molecule has 2 aliphatic rings. The van der Waals surface area contributed by atoms with Crippen molar-refractivity contribution in [1.82, 2.24) is 4.90 Å². The van der Waals surface area contributed by atoms with Crippen molar-refractivity contribution >= 4 is 11.0 Å². The van der Waals surface area contributed by atoms with Crippen LogP contribution in [0.25, 0.3) is 11.0 Å². The zero-order valence-electron chi connectivity index (χ0n) is 13.2. The molecule has 2 atom stereocenters. The van der Waals surface area contributed by atoms with Gasteiger partial charge in [0.25, 0.3) is 0 Å². The van der Waals surface area contributed by atoms with Crippen LogP contribution >= 0.6 is 0 Å². The molecule has 0 aliphatic carbocycles. The average Bonchev–Trinajstić information content (AvgIpc) is 2.91. The molecule has 6 heteroatoms. The molecule has 1 saturated heterocycles. The standard InChI is InChI=1S/C17H19NO5/c1-10-6-18(7-11(2)22-10)8-12-3-17(19)23-14-5-16-15(4-13(12)14)20-9-21-16/h3-5,10-11H,6-9H2,1-2H3/t10-,11+. The first-order valence-corrected chi connectivity index (χ1v) is 7.82. The van der Waals surface area contributed by atoms with Gasteiger partial charge in [0.15, 0.2) is 11.5 Å². The summed E-state index contributed by atoms with van der Waals surface area (Å²) in [6.07, 6.45) is 0.372. The van der Waals surface area contributed by atoms with Crippen molar-refractivity contribution in [3.05, 3.63) is 34.2 Å². The van der Waals surface area contributed by atoms with Gasteiger partial charge in [0, 0.05) is 37.2 Å². The molecule has 0 spiro atoms. The Morgan fingerprint density at radius 1 is 1.09 bits per heavy atom. The van der Waals surface area contributed by atoms with Gasteiger partial charge in [-0.05, 0) is 25.5 Å². The quantitative estimate of drug-likeness (QED) is 0.791. The largest absolute Gasteiger partial charge is 0.454 e. The lowest BCUT2D eigenvalue weighted by Crippen LogP contribution is -2.44. The fraction of sp³-hybridized carbons (Fsp3) is 0.471. The highest BCUT2D eigenvalue weighted by atomic mass is 16.7. The molecule has 1 fully saturated rings. The third-order valence-corrected chi connectivity index (χ3v) is 4.21. The van der Waals surface area contributed by atoms with Gasteiger partial charge in [-0.2, -0.15) is 0 Å². The second kappa shape index (κ2) is 5.54. The molecule has 23 heavy (non-hydrogen) atoms. The molecular formula is C17H19NO5. The zero-order chi connectivity index (χ0) is 16.0. The first-order valence-electron chi connectivity index (χ1n) is 7.82. The average molecular weight is 317 g/mol. The summed E-state index contributed by atoms with van der Waals surface area (Å²) >= 11 is 0. The maximum atomic E-state index is 11.9. The summed E-state index contributed by atoms with van der Waals surface area (Å²) in [5, 5.41) is 0.889. The molecule has 0 saturated carbocycles. The Morgan fingerprint density at radius 2 is 1.78 bits per heavy atom. The SMILES string of the molecule is C[C@@H]1CN(Cc2cc(=O)oc3cc4c(cc23)OCO4)C[C@H](C)O1. The predicted molar refractivity (Wildman–Crippen MR) is 83.9 cm³/mol. The molecule has 3 heterocycles. The normalized spacial score (nSPS) is 24.3. The monoisotopic (exact) mass is 317 g/mol. The minimum absolute atomic E-state index is 0.186. The van der Waals surface area contributed by atoms with Crippen LogP contribution < -0.4 is 15.1 Å². The van der Waals surface area contributed by atoms with Crippen molar-refractivity contribution < 1.29 is 18.6 Å². The first kappa shape index (κ1) is 14.5. The van der Waals surface area contributed by atoms with E-state index in [0.717, 1.165) is 24.0 Å². The number of ether oxygens (including phenoxy) is 3. The van der Waals surface area contributed by atoms with Gasteiger partial charge < -0.3 is 18.6 Å². The van der Waals surface area contributed by atoms with E-state index in [1.54, 1.807) is 12.1 Å². The Kier molecular flexibility index (Phi) is 3.50. The summed E-state index contributed by atoms with van der Waals surface area (Å²) in [6, 6.07) is 5.19. The van der Waals surface area contributed by atoms with Gasteiger partial charge in [0.1, 0.15) is 5.58 Å². The zero-order valence-corrected chi connectivity index (χ0v) is 13.2. The topological polar surface area (TPSA) is 61.1 Å². The number of benzene rings is 1. The summed E-state index contributed by atoms with van der Waals surface area (Å²) in [6.45, 7) is 6.70.